The number of halogens is 1. The number of hydrogen-bond acceptors (Lipinski definition) is 1. The molecule has 0 bridgehead atoms. The Morgan fingerprint density at radius 1 is 1.38 bits per heavy atom. The molecule has 1 aromatic rings. The molecular formula is C14H20FN. The van der Waals surface area contributed by atoms with E-state index in [9.17, 15) is 4.39 Å². The van der Waals surface area contributed by atoms with E-state index >= 15 is 0 Å². The second kappa shape index (κ2) is 5.44. The van der Waals surface area contributed by atoms with Gasteiger partial charge in [-0.25, -0.2) is 4.39 Å². The van der Waals surface area contributed by atoms with Crippen LogP contribution in [0.25, 0.3) is 0 Å². The Labute approximate surface area is 97.1 Å². The summed E-state index contributed by atoms with van der Waals surface area (Å²) in [4.78, 5) is 0. The first-order valence-corrected chi connectivity index (χ1v) is 6.24. The molecule has 1 fully saturated rings. The van der Waals surface area contributed by atoms with Gasteiger partial charge in [-0.15, -0.1) is 0 Å². The quantitative estimate of drug-likeness (QED) is 0.818. The molecule has 1 saturated carbocycles. The van der Waals surface area contributed by atoms with Crippen LogP contribution in [0.3, 0.4) is 0 Å². The smallest absolute Gasteiger partial charge is 0.123 e. The highest BCUT2D eigenvalue weighted by molar-refractivity contribution is 5.19. The first kappa shape index (κ1) is 11.6. The molecule has 2 rings (SSSR count). The van der Waals surface area contributed by atoms with Crippen molar-refractivity contribution in [2.45, 2.75) is 38.6 Å². The zero-order valence-electron chi connectivity index (χ0n) is 9.88. The minimum Gasteiger partial charge on any atom is -0.310 e. The molecule has 0 saturated heterocycles. The SMILES string of the molecule is CC(NCC1CCCC1)c1cccc(F)c1. The summed E-state index contributed by atoms with van der Waals surface area (Å²) in [6, 6.07) is 7.11. The van der Waals surface area contributed by atoms with Crippen LogP contribution in [0.4, 0.5) is 4.39 Å². The molecule has 1 nitrogen and oxygen atoms in total. The van der Waals surface area contributed by atoms with Crippen LogP contribution in [0, 0.1) is 11.7 Å². The predicted octanol–water partition coefficient (Wildman–Crippen LogP) is 3.67. The highest BCUT2D eigenvalue weighted by Crippen LogP contribution is 2.24. The largest absolute Gasteiger partial charge is 0.310 e. The van der Waals surface area contributed by atoms with Crippen LogP contribution >= 0.6 is 0 Å². The topological polar surface area (TPSA) is 12.0 Å². The normalized spacial score (nSPS) is 18.9. The molecule has 0 spiro atoms. The minimum atomic E-state index is -0.146. The third-order valence-electron chi connectivity index (χ3n) is 3.54. The molecule has 0 amide bonds. The molecule has 0 aromatic heterocycles. The van der Waals surface area contributed by atoms with E-state index in [1.807, 2.05) is 6.07 Å². The van der Waals surface area contributed by atoms with E-state index < -0.39 is 0 Å². The molecule has 88 valence electrons. The van der Waals surface area contributed by atoms with Crippen LogP contribution in [0.2, 0.25) is 0 Å². The number of nitrogens with one attached hydrogen (secondary N) is 1. The third-order valence-corrected chi connectivity index (χ3v) is 3.54. The van der Waals surface area contributed by atoms with Gasteiger partial charge in [-0.1, -0.05) is 25.0 Å². The lowest BCUT2D eigenvalue weighted by Crippen LogP contribution is -2.24. The maximum atomic E-state index is 13.0. The van der Waals surface area contributed by atoms with Crippen LogP contribution in [0.5, 0.6) is 0 Å². The van der Waals surface area contributed by atoms with Crippen molar-refractivity contribution in [3.05, 3.63) is 35.6 Å². The first-order chi connectivity index (χ1) is 7.75. The molecule has 2 heteroatoms. The van der Waals surface area contributed by atoms with E-state index in [0.29, 0.717) is 0 Å². The van der Waals surface area contributed by atoms with Crippen molar-refractivity contribution in [3.63, 3.8) is 0 Å². The summed E-state index contributed by atoms with van der Waals surface area (Å²) in [5.41, 5.74) is 1.04. The maximum Gasteiger partial charge on any atom is 0.123 e. The van der Waals surface area contributed by atoms with Crippen LogP contribution in [-0.2, 0) is 0 Å². The van der Waals surface area contributed by atoms with Gasteiger partial charge in [-0.2, -0.15) is 0 Å². The lowest BCUT2D eigenvalue weighted by Gasteiger charge is -2.17. The van der Waals surface area contributed by atoms with Gasteiger partial charge in [0.1, 0.15) is 5.82 Å². The fraction of sp³-hybridized carbons (Fsp3) is 0.571. The molecular weight excluding hydrogens is 201 g/mol. The van der Waals surface area contributed by atoms with Crippen LogP contribution in [-0.4, -0.2) is 6.54 Å². The van der Waals surface area contributed by atoms with Gasteiger partial charge in [0.2, 0.25) is 0 Å². The van der Waals surface area contributed by atoms with Gasteiger partial charge in [0.15, 0.2) is 0 Å². The summed E-state index contributed by atoms with van der Waals surface area (Å²) < 4.78 is 13.0. The van der Waals surface area contributed by atoms with Crippen molar-refractivity contribution >= 4 is 0 Å². The standard InChI is InChI=1S/C14H20FN/c1-11(13-7-4-8-14(15)9-13)16-10-12-5-2-3-6-12/h4,7-9,11-12,16H,2-3,5-6,10H2,1H3. The van der Waals surface area contributed by atoms with Crippen molar-refractivity contribution < 1.29 is 4.39 Å². The summed E-state index contributed by atoms with van der Waals surface area (Å²) in [5.74, 6) is 0.683. The molecule has 1 atom stereocenters. The van der Waals surface area contributed by atoms with Gasteiger partial charge in [0, 0.05) is 6.04 Å². The molecule has 1 unspecified atom stereocenters. The molecule has 1 N–H and O–H groups in total. The molecule has 1 aliphatic carbocycles. The van der Waals surface area contributed by atoms with Crippen molar-refractivity contribution in [2.24, 2.45) is 5.92 Å². The Balaban J connectivity index is 1.85. The Morgan fingerprint density at radius 2 is 2.12 bits per heavy atom. The van der Waals surface area contributed by atoms with E-state index in [-0.39, 0.29) is 11.9 Å². The summed E-state index contributed by atoms with van der Waals surface area (Å²) in [7, 11) is 0. The third kappa shape index (κ3) is 3.05. The number of rotatable bonds is 4. The number of benzene rings is 1. The van der Waals surface area contributed by atoms with Crippen molar-refractivity contribution in [1.82, 2.24) is 5.32 Å². The van der Waals surface area contributed by atoms with Gasteiger partial charge in [-0.3, -0.25) is 0 Å². The molecule has 1 aliphatic rings. The summed E-state index contributed by atoms with van der Waals surface area (Å²) in [6.07, 6.45) is 5.45. The highest BCUT2D eigenvalue weighted by atomic mass is 19.1. The summed E-state index contributed by atoms with van der Waals surface area (Å²) in [6.45, 7) is 3.17. The Kier molecular flexibility index (Phi) is 3.94. The van der Waals surface area contributed by atoms with E-state index in [4.69, 9.17) is 0 Å². The molecule has 16 heavy (non-hydrogen) atoms. The zero-order chi connectivity index (χ0) is 11.4. The maximum absolute atomic E-state index is 13.0. The Hall–Kier alpha value is -0.890. The molecule has 0 heterocycles. The van der Waals surface area contributed by atoms with Gasteiger partial charge in [0.05, 0.1) is 0 Å². The van der Waals surface area contributed by atoms with E-state index in [0.717, 1.165) is 18.0 Å². The van der Waals surface area contributed by atoms with Crippen LogP contribution in [0.1, 0.15) is 44.2 Å². The summed E-state index contributed by atoms with van der Waals surface area (Å²) in [5, 5.41) is 3.50. The predicted molar refractivity (Wildman–Crippen MR) is 64.8 cm³/mol. The average Bonchev–Trinajstić information content (AvgIpc) is 2.78. The fourth-order valence-electron chi connectivity index (χ4n) is 2.45. The monoisotopic (exact) mass is 221 g/mol. The zero-order valence-corrected chi connectivity index (χ0v) is 9.88. The number of hydrogen-bond donors (Lipinski definition) is 1. The van der Waals surface area contributed by atoms with E-state index in [1.54, 1.807) is 12.1 Å². The lowest BCUT2D eigenvalue weighted by molar-refractivity contribution is 0.451. The fourth-order valence-corrected chi connectivity index (χ4v) is 2.45. The van der Waals surface area contributed by atoms with Gasteiger partial charge in [-0.05, 0) is 49.9 Å². The van der Waals surface area contributed by atoms with Crippen molar-refractivity contribution in [2.75, 3.05) is 6.54 Å². The molecule has 0 radical (unpaired) electrons. The first-order valence-electron chi connectivity index (χ1n) is 6.24. The van der Waals surface area contributed by atoms with Gasteiger partial charge < -0.3 is 5.32 Å². The molecule has 0 aliphatic heterocycles. The average molecular weight is 221 g/mol. The Bertz CT molecular complexity index is 331. The lowest BCUT2D eigenvalue weighted by atomic mass is 10.1. The van der Waals surface area contributed by atoms with Crippen LogP contribution in [0.15, 0.2) is 24.3 Å². The second-order valence-corrected chi connectivity index (χ2v) is 4.84. The van der Waals surface area contributed by atoms with Gasteiger partial charge in [0.25, 0.3) is 0 Å². The highest BCUT2D eigenvalue weighted by Gasteiger charge is 2.15. The van der Waals surface area contributed by atoms with Crippen molar-refractivity contribution in [3.8, 4) is 0 Å². The summed E-state index contributed by atoms with van der Waals surface area (Å²) >= 11 is 0. The van der Waals surface area contributed by atoms with E-state index in [2.05, 4.69) is 12.2 Å². The molecule has 1 aromatic carbocycles. The second-order valence-electron chi connectivity index (χ2n) is 4.84. The van der Waals surface area contributed by atoms with Gasteiger partial charge >= 0.3 is 0 Å². The Morgan fingerprint density at radius 3 is 2.81 bits per heavy atom. The van der Waals surface area contributed by atoms with E-state index in [1.165, 1.54) is 31.7 Å². The van der Waals surface area contributed by atoms with Crippen molar-refractivity contribution in [1.29, 1.82) is 0 Å². The van der Waals surface area contributed by atoms with Crippen LogP contribution < -0.4 is 5.32 Å². The minimum absolute atomic E-state index is 0.146.